The largest absolute Gasteiger partial charge is 0.481 e. The Morgan fingerprint density at radius 2 is 2.04 bits per heavy atom. The standard InChI is InChI=1S/C19H16N4O2/c1-14(25-18-5-2-4-15(12-18)13-20)19(24)22-16-6-8-17(9-7-16)23-11-3-10-21-23/h2-12,14H,1H3,(H,22,24). The molecule has 6 heteroatoms. The topological polar surface area (TPSA) is 79.9 Å². The zero-order valence-electron chi connectivity index (χ0n) is 13.6. The van der Waals surface area contributed by atoms with E-state index >= 15 is 0 Å². The van der Waals surface area contributed by atoms with Gasteiger partial charge in [-0.1, -0.05) is 6.07 Å². The molecule has 25 heavy (non-hydrogen) atoms. The number of benzene rings is 2. The first-order valence-electron chi connectivity index (χ1n) is 7.73. The monoisotopic (exact) mass is 332 g/mol. The van der Waals surface area contributed by atoms with E-state index in [-0.39, 0.29) is 5.91 Å². The van der Waals surface area contributed by atoms with Crippen LogP contribution in [0, 0.1) is 11.3 Å². The first-order chi connectivity index (χ1) is 12.2. The lowest BCUT2D eigenvalue weighted by molar-refractivity contribution is -0.122. The fourth-order valence-corrected chi connectivity index (χ4v) is 2.26. The van der Waals surface area contributed by atoms with Crippen LogP contribution < -0.4 is 10.1 Å². The summed E-state index contributed by atoms with van der Waals surface area (Å²) in [5, 5.41) is 15.9. The number of nitrogens with one attached hydrogen (secondary N) is 1. The van der Waals surface area contributed by atoms with Gasteiger partial charge in [-0.25, -0.2) is 4.68 Å². The van der Waals surface area contributed by atoms with E-state index in [1.807, 2.05) is 30.5 Å². The Bertz CT molecular complexity index is 896. The Labute approximate surface area is 145 Å². The minimum atomic E-state index is -0.695. The summed E-state index contributed by atoms with van der Waals surface area (Å²) in [6.45, 7) is 1.66. The molecule has 0 spiro atoms. The highest BCUT2D eigenvalue weighted by molar-refractivity contribution is 5.94. The lowest BCUT2D eigenvalue weighted by Crippen LogP contribution is -2.30. The van der Waals surface area contributed by atoms with Crippen molar-refractivity contribution in [3.8, 4) is 17.5 Å². The fourth-order valence-electron chi connectivity index (χ4n) is 2.26. The third-order valence-electron chi connectivity index (χ3n) is 3.55. The molecule has 124 valence electrons. The smallest absolute Gasteiger partial charge is 0.265 e. The van der Waals surface area contributed by atoms with Crippen molar-refractivity contribution in [3.63, 3.8) is 0 Å². The van der Waals surface area contributed by atoms with E-state index < -0.39 is 6.10 Å². The lowest BCUT2D eigenvalue weighted by atomic mass is 10.2. The Morgan fingerprint density at radius 1 is 1.24 bits per heavy atom. The molecule has 1 atom stereocenters. The number of carbonyl (C=O) groups excluding carboxylic acids is 1. The Kier molecular flexibility index (Phi) is 4.77. The first-order valence-corrected chi connectivity index (χ1v) is 7.73. The number of nitriles is 1. The predicted molar refractivity (Wildman–Crippen MR) is 93.4 cm³/mol. The molecule has 0 saturated carbocycles. The van der Waals surface area contributed by atoms with Crippen molar-refractivity contribution < 1.29 is 9.53 Å². The van der Waals surface area contributed by atoms with Crippen LogP contribution in [0.5, 0.6) is 5.75 Å². The molecule has 0 saturated heterocycles. The molecule has 1 amide bonds. The summed E-state index contributed by atoms with van der Waals surface area (Å²) >= 11 is 0. The number of hydrogen-bond acceptors (Lipinski definition) is 4. The molecule has 0 radical (unpaired) electrons. The molecule has 0 aliphatic rings. The number of rotatable bonds is 5. The average Bonchev–Trinajstić information content (AvgIpc) is 3.17. The number of amides is 1. The van der Waals surface area contributed by atoms with E-state index in [1.165, 1.54) is 0 Å². The highest BCUT2D eigenvalue weighted by Gasteiger charge is 2.15. The normalized spacial score (nSPS) is 11.4. The summed E-state index contributed by atoms with van der Waals surface area (Å²) in [7, 11) is 0. The lowest BCUT2D eigenvalue weighted by Gasteiger charge is -2.15. The number of nitrogens with zero attached hydrogens (tertiary/aromatic N) is 3. The van der Waals surface area contributed by atoms with Gasteiger partial charge in [0.25, 0.3) is 5.91 Å². The van der Waals surface area contributed by atoms with Crippen LogP contribution in [-0.4, -0.2) is 21.8 Å². The molecule has 1 heterocycles. The number of ether oxygens (including phenoxy) is 1. The highest BCUT2D eigenvalue weighted by atomic mass is 16.5. The maximum Gasteiger partial charge on any atom is 0.265 e. The number of carbonyl (C=O) groups is 1. The molecule has 1 unspecified atom stereocenters. The van der Waals surface area contributed by atoms with Gasteiger partial charge in [0.1, 0.15) is 5.75 Å². The quantitative estimate of drug-likeness (QED) is 0.778. The summed E-state index contributed by atoms with van der Waals surface area (Å²) in [4.78, 5) is 12.3. The third-order valence-corrected chi connectivity index (χ3v) is 3.55. The molecule has 3 rings (SSSR count). The van der Waals surface area contributed by atoms with Crippen molar-refractivity contribution >= 4 is 11.6 Å². The van der Waals surface area contributed by atoms with Gasteiger partial charge >= 0.3 is 0 Å². The molecular weight excluding hydrogens is 316 g/mol. The number of anilines is 1. The molecule has 3 aromatic rings. The maximum atomic E-state index is 12.3. The second-order valence-electron chi connectivity index (χ2n) is 5.39. The SMILES string of the molecule is CC(Oc1cccc(C#N)c1)C(=O)Nc1ccc(-n2cccn2)cc1. The van der Waals surface area contributed by atoms with Gasteiger partial charge in [-0.05, 0) is 55.5 Å². The summed E-state index contributed by atoms with van der Waals surface area (Å²) in [6, 6.07) is 17.9. The van der Waals surface area contributed by atoms with Gasteiger partial charge in [0.05, 0.1) is 17.3 Å². The van der Waals surface area contributed by atoms with Crippen LogP contribution in [-0.2, 0) is 4.79 Å². The second-order valence-corrected chi connectivity index (χ2v) is 5.39. The first kappa shape index (κ1) is 16.3. The Hall–Kier alpha value is -3.59. The van der Waals surface area contributed by atoms with Crippen molar-refractivity contribution in [2.45, 2.75) is 13.0 Å². The van der Waals surface area contributed by atoms with Crippen LogP contribution >= 0.6 is 0 Å². The van der Waals surface area contributed by atoms with E-state index in [0.29, 0.717) is 17.0 Å². The van der Waals surface area contributed by atoms with Gasteiger partial charge in [-0.2, -0.15) is 10.4 Å². The molecule has 0 aliphatic heterocycles. The fraction of sp³-hybridized carbons (Fsp3) is 0.105. The van der Waals surface area contributed by atoms with Gasteiger partial charge in [-0.15, -0.1) is 0 Å². The summed E-state index contributed by atoms with van der Waals surface area (Å²) in [6.07, 6.45) is 2.86. The van der Waals surface area contributed by atoms with Crippen molar-refractivity contribution in [1.82, 2.24) is 9.78 Å². The summed E-state index contributed by atoms with van der Waals surface area (Å²) in [5.41, 5.74) is 2.06. The third kappa shape index (κ3) is 4.03. The zero-order valence-corrected chi connectivity index (χ0v) is 13.6. The molecule has 1 N–H and O–H groups in total. The highest BCUT2D eigenvalue weighted by Crippen LogP contribution is 2.16. The molecule has 0 fully saturated rings. The summed E-state index contributed by atoms with van der Waals surface area (Å²) < 4.78 is 7.33. The molecule has 0 bridgehead atoms. The van der Waals surface area contributed by atoms with Crippen molar-refractivity contribution in [2.24, 2.45) is 0 Å². The van der Waals surface area contributed by atoms with Gasteiger partial charge in [0.2, 0.25) is 0 Å². The van der Waals surface area contributed by atoms with Crippen molar-refractivity contribution in [1.29, 1.82) is 5.26 Å². The van der Waals surface area contributed by atoms with Crippen LogP contribution in [0.1, 0.15) is 12.5 Å². The number of aromatic nitrogens is 2. The molecule has 1 aromatic heterocycles. The van der Waals surface area contributed by atoms with E-state index in [2.05, 4.69) is 10.4 Å². The molecule has 0 aliphatic carbocycles. The van der Waals surface area contributed by atoms with E-state index in [1.54, 1.807) is 54.2 Å². The predicted octanol–water partition coefficient (Wildman–Crippen LogP) is 3.15. The van der Waals surface area contributed by atoms with E-state index in [4.69, 9.17) is 10.00 Å². The zero-order chi connectivity index (χ0) is 17.6. The molecule has 6 nitrogen and oxygen atoms in total. The van der Waals surface area contributed by atoms with Crippen LogP contribution in [0.15, 0.2) is 67.0 Å². The maximum absolute atomic E-state index is 12.3. The van der Waals surface area contributed by atoms with Crippen LogP contribution in [0.25, 0.3) is 5.69 Å². The van der Waals surface area contributed by atoms with Crippen LogP contribution in [0.3, 0.4) is 0 Å². The van der Waals surface area contributed by atoms with Gasteiger partial charge in [0, 0.05) is 18.1 Å². The average molecular weight is 332 g/mol. The number of hydrogen-bond donors (Lipinski definition) is 1. The minimum Gasteiger partial charge on any atom is -0.481 e. The van der Waals surface area contributed by atoms with Crippen LogP contribution in [0.2, 0.25) is 0 Å². The summed E-state index contributed by atoms with van der Waals surface area (Å²) in [5.74, 6) is 0.213. The van der Waals surface area contributed by atoms with Crippen molar-refractivity contribution in [2.75, 3.05) is 5.32 Å². The molecular formula is C19H16N4O2. The van der Waals surface area contributed by atoms with Gasteiger partial charge < -0.3 is 10.1 Å². The van der Waals surface area contributed by atoms with Crippen molar-refractivity contribution in [3.05, 3.63) is 72.6 Å². The Balaban J connectivity index is 1.62. The molecule has 2 aromatic carbocycles. The van der Waals surface area contributed by atoms with E-state index in [9.17, 15) is 4.79 Å². The minimum absolute atomic E-state index is 0.269. The Morgan fingerprint density at radius 3 is 2.72 bits per heavy atom. The second kappa shape index (κ2) is 7.32. The van der Waals surface area contributed by atoms with Crippen LogP contribution in [0.4, 0.5) is 5.69 Å². The van der Waals surface area contributed by atoms with Gasteiger partial charge in [-0.3, -0.25) is 4.79 Å². The van der Waals surface area contributed by atoms with Gasteiger partial charge in [0.15, 0.2) is 6.10 Å². The van der Waals surface area contributed by atoms with E-state index in [0.717, 1.165) is 5.69 Å².